The Hall–Kier alpha value is -2.85. The Balaban J connectivity index is 1.92. The van der Waals surface area contributed by atoms with E-state index in [0.717, 1.165) is 6.42 Å². The molecule has 0 saturated heterocycles. The third-order valence-corrected chi connectivity index (χ3v) is 6.85. The van der Waals surface area contributed by atoms with E-state index in [2.05, 4.69) is 4.74 Å². The van der Waals surface area contributed by atoms with Gasteiger partial charge in [-0.3, -0.25) is 4.79 Å². The van der Waals surface area contributed by atoms with Gasteiger partial charge in [0.15, 0.2) is 0 Å². The number of hydrogen-bond acceptors (Lipinski definition) is 5. The molecule has 2 aromatic carbocycles. The van der Waals surface area contributed by atoms with E-state index in [1.807, 2.05) is 6.92 Å². The molecular weight excluding hydrogens is 465 g/mol. The van der Waals surface area contributed by atoms with Crippen molar-refractivity contribution in [1.82, 2.24) is 0 Å². The van der Waals surface area contributed by atoms with Crippen LogP contribution in [0.4, 0.5) is 13.2 Å². The smallest absolute Gasteiger partial charge is 0.494 e. The maximum atomic E-state index is 13.4. The number of hydrogen-bond donors (Lipinski definition) is 1. The van der Waals surface area contributed by atoms with Crippen molar-refractivity contribution in [3.63, 3.8) is 0 Å². The number of carbonyl (C=O) groups is 1. The first kappa shape index (κ1) is 23.8. The maximum Gasteiger partial charge on any atom is 0.573 e. The molecule has 0 amide bonds. The van der Waals surface area contributed by atoms with Gasteiger partial charge in [0, 0.05) is 10.5 Å². The van der Waals surface area contributed by atoms with Gasteiger partial charge in [0.05, 0.1) is 23.8 Å². The van der Waals surface area contributed by atoms with Crippen molar-refractivity contribution in [2.24, 2.45) is 0 Å². The highest BCUT2D eigenvalue weighted by Gasteiger charge is 2.31. The van der Waals surface area contributed by atoms with Crippen molar-refractivity contribution < 1.29 is 36.8 Å². The van der Waals surface area contributed by atoms with Crippen LogP contribution in [0.5, 0.6) is 11.5 Å². The average molecular weight is 485 g/mol. The molecule has 3 aromatic rings. The molecule has 5 nitrogen and oxygen atoms in total. The van der Waals surface area contributed by atoms with E-state index in [1.165, 1.54) is 35.6 Å². The van der Waals surface area contributed by atoms with E-state index >= 15 is 0 Å². The molecule has 0 saturated carbocycles. The van der Waals surface area contributed by atoms with Gasteiger partial charge in [0.25, 0.3) is 0 Å². The highest BCUT2D eigenvalue weighted by atomic mass is 32.2. The molecule has 3 rings (SSSR count). The Bertz CT molecular complexity index is 1110. The van der Waals surface area contributed by atoms with Gasteiger partial charge >= 0.3 is 12.3 Å². The summed E-state index contributed by atoms with van der Waals surface area (Å²) in [6, 6.07) is 11.8. The highest BCUT2D eigenvalue weighted by Crippen LogP contribution is 2.36. The lowest BCUT2D eigenvalue weighted by Gasteiger charge is -2.11. The fourth-order valence-corrected chi connectivity index (χ4v) is 5.44. The lowest BCUT2D eigenvalue weighted by Crippen LogP contribution is -2.16. The van der Waals surface area contributed by atoms with Crippen LogP contribution >= 0.6 is 11.3 Å². The van der Waals surface area contributed by atoms with E-state index < -0.39 is 23.1 Å². The summed E-state index contributed by atoms with van der Waals surface area (Å²) in [7, 11) is -1.66. The number of carboxylic acid groups (broad SMARTS) is 1. The molecule has 1 N–H and O–H groups in total. The van der Waals surface area contributed by atoms with Gasteiger partial charge in [0.2, 0.25) is 0 Å². The summed E-state index contributed by atoms with van der Waals surface area (Å²) >= 11 is 1.24. The largest absolute Gasteiger partial charge is 0.573 e. The molecule has 32 heavy (non-hydrogen) atoms. The van der Waals surface area contributed by atoms with Crippen LogP contribution in [0.25, 0.3) is 11.1 Å². The van der Waals surface area contributed by atoms with Crippen molar-refractivity contribution in [1.29, 1.82) is 0 Å². The van der Waals surface area contributed by atoms with Crippen LogP contribution in [-0.2, 0) is 22.0 Å². The van der Waals surface area contributed by atoms with Crippen molar-refractivity contribution in [2.75, 3.05) is 6.61 Å². The van der Waals surface area contributed by atoms with Crippen LogP contribution in [0.1, 0.15) is 18.9 Å². The summed E-state index contributed by atoms with van der Waals surface area (Å²) in [6.07, 6.45) is -4.27. The zero-order valence-electron chi connectivity index (χ0n) is 16.8. The number of aliphatic carboxylic acids is 1. The van der Waals surface area contributed by atoms with Gasteiger partial charge in [-0.05, 0) is 59.3 Å². The van der Waals surface area contributed by atoms with Gasteiger partial charge in [-0.15, -0.1) is 24.5 Å². The number of thiophene rings is 1. The van der Waals surface area contributed by atoms with Gasteiger partial charge in [0.1, 0.15) is 15.7 Å². The number of ether oxygens (including phenoxy) is 2. The SMILES string of the molecule is CCCOc1cc(CC(=O)O)cc(S(=O)c2sccc2-c2ccc(OC(F)(F)F)cc2)c1. The first-order valence-corrected chi connectivity index (χ1v) is 11.5. The lowest BCUT2D eigenvalue weighted by molar-refractivity contribution is -0.274. The fourth-order valence-electron chi connectivity index (χ4n) is 2.91. The number of carboxylic acids is 1. The van der Waals surface area contributed by atoms with Crippen LogP contribution < -0.4 is 9.47 Å². The minimum absolute atomic E-state index is 0.245. The molecule has 1 heterocycles. The molecule has 1 unspecified atom stereocenters. The van der Waals surface area contributed by atoms with Crippen LogP contribution in [0.2, 0.25) is 0 Å². The molecule has 1 aromatic heterocycles. The van der Waals surface area contributed by atoms with E-state index in [-0.39, 0.29) is 12.2 Å². The van der Waals surface area contributed by atoms with Gasteiger partial charge in [-0.2, -0.15) is 0 Å². The van der Waals surface area contributed by atoms with Crippen LogP contribution in [0.3, 0.4) is 0 Å². The summed E-state index contributed by atoms with van der Waals surface area (Å²) < 4.78 is 60.5. The number of halogens is 3. The summed E-state index contributed by atoms with van der Waals surface area (Å²) in [5, 5.41) is 10.9. The first-order valence-electron chi connectivity index (χ1n) is 9.50. The fraction of sp³-hybridized carbons (Fsp3) is 0.227. The van der Waals surface area contributed by atoms with Crippen LogP contribution in [-0.4, -0.2) is 28.3 Å². The Morgan fingerprint density at radius 1 is 1.09 bits per heavy atom. The molecule has 0 radical (unpaired) electrons. The number of benzene rings is 2. The Labute approximate surface area is 188 Å². The highest BCUT2D eigenvalue weighted by molar-refractivity contribution is 7.87. The van der Waals surface area contributed by atoms with Crippen LogP contribution in [0.15, 0.2) is 63.0 Å². The van der Waals surface area contributed by atoms with E-state index in [0.29, 0.717) is 38.2 Å². The van der Waals surface area contributed by atoms with E-state index in [4.69, 9.17) is 9.84 Å². The molecule has 0 aliphatic carbocycles. The van der Waals surface area contributed by atoms with Gasteiger partial charge in [-0.1, -0.05) is 19.1 Å². The van der Waals surface area contributed by atoms with Crippen molar-refractivity contribution in [3.8, 4) is 22.6 Å². The third-order valence-electron chi connectivity index (χ3n) is 4.18. The van der Waals surface area contributed by atoms with Crippen molar-refractivity contribution >= 4 is 28.1 Å². The van der Waals surface area contributed by atoms with E-state index in [9.17, 15) is 22.2 Å². The topological polar surface area (TPSA) is 72.8 Å². The van der Waals surface area contributed by atoms with Gasteiger partial charge in [-0.25, -0.2) is 4.21 Å². The monoisotopic (exact) mass is 484 g/mol. The predicted octanol–water partition coefficient (Wildman–Crippen LogP) is 5.90. The molecule has 0 spiro atoms. The second-order valence-corrected chi connectivity index (χ2v) is 9.29. The quantitative estimate of drug-likeness (QED) is 0.410. The lowest BCUT2D eigenvalue weighted by atomic mass is 10.1. The Kier molecular flexibility index (Phi) is 7.57. The Morgan fingerprint density at radius 2 is 1.81 bits per heavy atom. The van der Waals surface area contributed by atoms with Crippen LogP contribution in [0, 0.1) is 0 Å². The molecular formula is C22H19F3O5S2. The van der Waals surface area contributed by atoms with Crippen molar-refractivity contribution in [3.05, 3.63) is 59.5 Å². The summed E-state index contributed by atoms with van der Waals surface area (Å²) in [5.41, 5.74) is 1.64. The molecule has 10 heteroatoms. The summed E-state index contributed by atoms with van der Waals surface area (Å²) in [5.74, 6) is -0.939. The number of rotatable bonds is 9. The van der Waals surface area contributed by atoms with E-state index in [1.54, 1.807) is 29.6 Å². The zero-order chi connectivity index (χ0) is 23.3. The van der Waals surface area contributed by atoms with Gasteiger partial charge < -0.3 is 14.6 Å². The minimum Gasteiger partial charge on any atom is -0.494 e. The average Bonchev–Trinajstić information content (AvgIpc) is 3.20. The number of alkyl halides is 3. The molecule has 170 valence electrons. The third kappa shape index (κ3) is 6.33. The normalized spacial score (nSPS) is 12.4. The second-order valence-electron chi connectivity index (χ2n) is 6.69. The summed E-state index contributed by atoms with van der Waals surface area (Å²) in [4.78, 5) is 11.5. The minimum atomic E-state index is -4.78. The standard InChI is InChI=1S/C22H19F3O5S2/c1-2-8-29-17-10-14(12-20(26)27)11-18(13-17)32(28)21-19(7-9-31-21)15-3-5-16(6-4-15)30-22(23,24)25/h3-7,9-11,13H,2,8,12H2,1H3,(H,26,27). The molecule has 0 aliphatic rings. The molecule has 0 fully saturated rings. The molecule has 0 bridgehead atoms. The molecule has 1 atom stereocenters. The zero-order valence-corrected chi connectivity index (χ0v) is 18.5. The molecule has 0 aliphatic heterocycles. The predicted molar refractivity (Wildman–Crippen MR) is 115 cm³/mol. The summed E-state index contributed by atoms with van der Waals surface area (Å²) in [6.45, 7) is 2.36. The Morgan fingerprint density at radius 3 is 2.44 bits per heavy atom. The first-order chi connectivity index (χ1) is 15.2. The second kappa shape index (κ2) is 10.2. The maximum absolute atomic E-state index is 13.4. The van der Waals surface area contributed by atoms with Crippen molar-refractivity contribution in [2.45, 2.75) is 35.2 Å².